The quantitative estimate of drug-likeness (QED) is 0.568. The number of hydrogen-bond donors (Lipinski definition) is 1. The predicted octanol–water partition coefficient (Wildman–Crippen LogP) is 2.55. The molecule has 0 unspecified atom stereocenters. The van der Waals surface area contributed by atoms with Crippen LogP contribution in [0.25, 0.3) is 0 Å². The lowest BCUT2D eigenvalue weighted by atomic mass is 9.99. The first kappa shape index (κ1) is 9.96. The molecule has 1 atom stereocenters. The zero-order chi connectivity index (χ0) is 7.82. The standard InChI is InChI=1S/C9H21N/c1-3-6-9(2)7-4-5-8-10/h9H,3-8,10H2,1-2H3/t9-/m1/s1. The maximum atomic E-state index is 5.39. The third kappa shape index (κ3) is 6.09. The van der Waals surface area contributed by atoms with Gasteiger partial charge >= 0.3 is 0 Å². The summed E-state index contributed by atoms with van der Waals surface area (Å²) in [6.07, 6.45) is 6.59. The summed E-state index contributed by atoms with van der Waals surface area (Å²) in [5, 5.41) is 0. The van der Waals surface area contributed by atoms with Crippen molar-refractivity contribution < 1.29 is 0 Å². The highest BCUT2D eigenvalue weighted by molar-refractivity contribution is 4.52. The van der Waals surface area contributed by atoms with Crippen LogP contribution in [0.3, 0.4) is 0 Å². The van der Waals surface area contributed by atoms with Gasteiger partial charge in [0.15, 0.2) is 0 Å². The Bertz CT molecular complexity index is 61.7. The Morgan fingerprint density at radius 1 is 1.20 bits per heavy atom. The SMILES string of the molecule is CCC[C@@H](C)CCCCN. The van der Waals surface area contributed by atoms with Crippen LogP contribution in [0.15, 0.2) is 0 Å². The van der Waals surface area contributed by atoms with E-state index in [1.807, 2.05) is 0 Å². The molecule has 10 heavy (non-hydrogen) atoms. The molecule has 0 bridgehead atoms. The van der Waals surface area contributed by atoms with Gasteiger partial charge in [-0.1, -0.05) is 39.5 Å². The summed E-state index contributed by atoms with van der Waals surface area (Å²) in [6.45, 7) is 5.44. The van der Waals surface area contributed by atoms with Crippen molar-refractivity contribution >= 4 is 0 Å². The molecule has 0 fully saturated rings. The highest BCUT2D eigenvalue weighted by Crippen LogP contribution is 2.12. The van der Waals surface area contributed by atoms with E-state index < -0.39 is 0 Å². The molecule has 0 radical (unpaired) electrons. The van der Waals surface area contributed by atoms with E-state index in [1.54, 1.807) is 0 Å². The van der Waals surface area contributed by atoms with Crippen LogP contribution in [0.4, 0.5) is 0 Å². The van der Waals surface area contributed by atoms with Crippen molar-refractivity contribution in [1.82, 2.24) is 0 Å². The minimum Gasteiger partial charge on any atom is -0.330 e. The monoisotopic (exact) mass is 143 g/mol. The third-order valence-electron chi connectivity index (χ3n) is 1.93. The molecule has 0 aromatic rings. The van der Waals surface area contributed by atoms with Gasteiger partial charge in [-0.3, -0.25) is 0 Å². The van der Waals surface area contributed by atoms with Gasteiger partial charge in [0.05, 0.1) is 0 Å². The van der Waals surface area contributed by atoms with Crippen LogP contribution in [0, 0.1) is 5.92 Å². The Labute approximate surface area is 65.0 Å². The van der Waals surface area contributed by atoms with Crippen LogP contribution in [0.1, 0.15) is 46.0 Å². The summed E-state index contributed by atoms with van der Waals surface area (Å²) in [4.78, 5) is 0. The molecular formula is C9H21N. The summed E-state index contributed by atoms with van der Waals surface area (Å²) in [7, 11) is 0. The number of nitrogens with two attached hydrogens (primary N) is 1. The van der Waals surface area contributed by atoms with Gasteiger partial charge in [-0.15, -0.1) is 0 Å². The van der Waals surface area contributed by atoms with Crippen LogP contribution >= 0.6 is 0 Å². The van der Waals surface area contributed by atoms with E-state index in [0.717, 1.165) is 12.5 Å². The summed E-state index contributed by atoms with van der Waals surface area (Å²) < 4.78 is 0. The van der Waals surface area contributed by atoms with E-state index in [4.69, 9.17) is 5.73 Å². The molecule has 2 N–H and O–H groups in total. The molecule has 0 spiro atoms. The molecule has 0 aliphatic rings. The molecule has 0 aliphatic heterocycles. The van der Waals surface area contributed by atoms with Crippen LogP contribution in [-0.4, -0.2) is 6.54 Å². The molecule has 62 valence electrons. The van der Waals surface area contributed by atoms with Crippen molar-refractivity contribution in [1.29, 1.82) is 0 Å². The Hall–Kier alpha value is -0.0400. The lowest BCUT2D eigenvalue weighted by Gasteiger charge is -2.07. The first-order valence-corrected chi connectivity index (χ1v) is 4.51. The summed E-state index contributed by atoms with van der Waals surface area (Å²) >= 11 is 0. The van der Waals surface area contributed by atoms with E-state index in [2.05, 4.69) is 13.8 Å². The van der Waals surface area contributed by atoms with E-state index >= 15 is 0 Å². The van der Waals surface area contributed by atoms with Gasteiger partial charge < -0.3 is 5.73 Å². The Kier molecular flexibility index (Phi) is 7.04. The maximum Gasteiger partial charge on any atom is -0.00773 e. The molecule has 0 saturated carbocycles. The van der Waals surface area contributed by atoms with Gasteiger partial charge in [0, 0.05) is 0 Å². The molecule has 0 heterocycles. The number of hydrogen-bond acceptors (Lipinski definition) is 1. The van der Waals surface area contributed by atoms with Crippen LogP contribution < -0.4 is 5.73 Å². The maximum absolute atomic E-state index is 5.39. The molecule has 0 aromatic heterocycles. The number of unbranched alkanes of at least 4 members (excludes halogenated alkanes) is 1. The van der Waals surface area contributed by atoms with Gasteiger partial charge in [-0.05, 0) is 18.9 Å². The van der Waals surface area contributed by atoms with Crippen molar-refractivity contribution in [3.05, 3.63) is 0 Å². The molecule has 1 nitrogen and oxygen atoms in total. The summed E-state index contributed by atoms with van der Waals surface area (Å²) in [5.41, 5.74) is 5.39. The average Bonchev–Trinajstić information content (AvgIpc) is 1.89. The zero-order valence-electron chi connectivity index (χ0n) is 7.40. The normalized spacial score (nSPS) is 13.5. The van der Waals surface area contributed by atoms with Gasteiger partial charge in [-0.2, -0.15) is 0 Å². The van der Waals surface area contributed by atoms with Gasteiger partial charge in [-0.25, -0.2) is 0 Å². The minimum absolute atomic E-state index is 0.860. The van der Waals surface area contributed by atoms with E-state index in [0.29, 0.717) is 0 Å². The Morgan fingerprint density at radius 3 is 2.40 bits per heavy atom. The smallest absolute Gasteiger partial charge is 0.00773 e. The second-order valence-corrected chi connectivity index (χ2v) is 3.18. The fourth-order valence-electron chi connectivity index (χ4n) is 1.27. The average molecular weight is 143 g/mol. The van der Waals surface area contributed by atoms with Gasteiger partial charge in [0.25, 0.3) is 0 Å². The van der Waals surface area contributed by atoms with E-state index in [9.17, 15) is 0 Å². The summed E-state index contributed by atoms with van der Waals surface area (Å²) in [5.74, 6) is 0.913. The van der Waals surface area contributed by atoms with Gasteiger partial charge in [0.2, 0.25) is 0 Å². The van der Waals surface area contributed by atoms with Crippen molar-refractivity contribution in [3.63, 3.8) is 0 Å². The fourth-order valence-corrected chi connectivity index (χ4v) is 1.27. The highest BCUT2D eigenvalue weighted by atomic mass is 14.5. The van der Waals surface area contributed by atoms with Crippen molar-refractivity contribution in [3.8, 4) is 0 Å². The minimum atomic E-state index is 0.860. The highest BCUT2D eigenvalue weighted by Gasteiger charge is 1.98. The molecule has 0 amide bonds. The Morgan fingerprint density at radius 2 is 1.90 bits per heavy atom. The number of rotatable bonds is 6. The van der Waals surface area contributed by atoms with Crippen molar-refractivity contribution in [2.24, 2.45) is 11.7 Å². The molecule has 1 heteroatoms. The van der Waals surface area contributed by atoms with Crippen LogP contribution in [0.2, 0.25) is 0 Å². The zero-order valence-corrected chi connectivity index (χ0v) is 7.40. The molecule has 0 rings (SSSR count). The van der Waals surface area contributed by atoms with Crippen molar-refractivity contribution in [2.75, 3.05) is 6.54 Å². The predicted molar refractivity (Wildman–Crippen MR) is 47.0 cm³/mol. The van der Waals surface area contributed by atoms with Crippen LogP contribution in [0.5, 0.6) is 0 Å². The Balaban J connectivity index is 2.97. The van der Waals surface area contributed by atoms with Gasteiger partial charge in [0.1, 0.15) is 0 Å². The molecule has 0 aromatic carbocycles. The lowest BCUT2D eigenvalue weighted by molar-refractivity contribution is 0.463. The molecule has 0 saturated heterocycles. The topological polar surface area (TPSA) is 26.0 Å². The van der Waals surface area contributed by atoms with E-state index in [-0.39, 0.29) is 0 Å². The fraction of sp³-hybridized carbons (Fsp3) is 1.00. The molecular weight excluding hydrogens is 122 g/mol. The molecule has 0 aliphatic carbocycles. The second-order valence-electron chi connectivity index (χ2n) is 3.18. The van der Waals surface area contributed by atoms with Crippen molar-refractivity contribution in [2.45, 2.75) is 46.0 Å². The lowest BCUT2D eigenvalue weighted by Crippen LogP contribution is -2.00. The van der Waals surface area contributed by atoms with E-state index in [1.165, 1.54) is 32.1 Å². The largest absolute Gasteiger partial charge is 0.330 e. The third-order valence-corrected chi connectivity index (χ3v) is 1.93. The summed E-state index contributed by atoms with van der Waals surface area (Å²) in [6, 6.07) is 0. The first-order valence-electron chi connectivity index (χ1n) is 4.51. The first-order chi connectivity index (χ1) is 4.81. The second kappa shape index (κ2) is 7.07. The van der Waals surface area contributed by atoms with Crippen LogP contribution in [-0.2, 0) is 0 Å².